The van der Waals surface area contributed by atoms with Crippen LogP contribution in [0.5, 0.6) is 0 Å². The van der Waals surface area contributed by atoms with E-state index in [4.69, 9.17) is 0 Å². The topological polar surface area (TPSA) is 45.2 Å². The molecule has 19 heavy (non-hydrogen) atoms. The van der Waals surface area contributed by atoms with Crippen molar-refractivity contribution >= 4 is 5.91 Å². The molecule has 0 aliphatic rings. The smallest absolute Gasteiger partial charge is 0.237 e. The first-order valence-corrected chi connectivity index (χ1v) is 6.73. The lowest BCUT2D eigenvalue weighted by Crippen LogP contribution is -2.46. The third kappa shape index (κ3) is 5.83. The summed E-state index contributed by atoms with van der Waals surface area (Å²) < 4.78 is 0. The molecule has 1 rings (SSSR count). The van der Waals surface area contributed by atoms with Gasteiger partial charge >= 0.3 is 0 Å². The van der Waals surface area contributed by atoms with Crippen LogP contribution in [0.15, 0.2) is 24.5 Å². The van der Waals surface area contributed by atoms with E-state index >= 15 is 0 Å². The lowest BCUT2D eigenvalue weighted by Gasteiger charge is -2.29. The minimum Gasteiger partial charge on any atom is -0.335 e. The van der Waals surface area contributed by atoms with Crippen molar-refractivity contribution in [1.29, 1.82) is 0 Å². The van der Waals surface area contributed by atoms with E-state index in [-0.39, 0.29) is 17.5 Å². The number of pyridine rings is 1. The quantitative estimate of drug-likeness (QED) is 0.886. The fourth-order valence-electron chi connectivity index (χ4n) is 1.69. The first-order valence-electron chi connectivity index (χ1n) is 6.73. The maximum absolute atomic E-state index is 12.3. The van der Waals surface area contributed by atoms with Crippen LogP contribution in [0.25, 0.3) is 0 Å². The molecule has 0 saturated carbocycles. The minimum atomic E-state index is -0.0490. The molecule has 0 spiro atoms. The summed E-state index contributed by atoms with van der Waals surface area (Å²) in [4.78, 5) is 18.2. The summed E-state index contributed by atoms with van der Waals surface area (Å²) in [5, 5.41) is 3.24. The highest BCUT2D eigenvalue weighted by atomic mass is 16.2. The predicted octanol–water partition coefficient (Wildman–Crippen LogP) is 2.21. The molecular formula is C15H25N3O. The summed E-state index contributed by atoms with van der Waals surface area (Å²) in [6.45, 7) is 11.2. The largest absolute Gasteiger partial charge is 0.335 e. The molecule has 106 valence electrons. The van der Waals surface area contributed by atoms with E-state index < -0.39 is 0 Å². The summed E-state index contributed by atoms with van der Waals surface area (Å²) >= 11 is 0. The molecular weight excluding hydrogens is 238 g/mol. The fourth-order valence-corrected chi connectivity index (χ4v) is 1.69. The maximum Gasteiger partial charge on any atom is 0.237 e. The van der Waals surface area contributed by atoms with Crippen molar-refractivity contribution in [3.05, 3.63) is 30.1 Å². The van der Waals surface area contributed by atoms with Crippen LogP contribution in [0.2, 0.25) is 0 Å². The second-order valence-electron chi connectivity index (χ2n) is 6.08. The first kappa shape index (κ1) is 15.6. The van der Waals surface area contributed by atoms with Crippen molar-refractivity contribution in [2.75, 3.05) is 6.54 Å². The van der Waals surface area contributed by atoms with Crippen LogP contribution in [0.4, 0.5) is 0 Å². The van der Waals surface area contributed by atoms with Gasteiger partial charge in [-0.3, -0.25) is 9.78 Å². The molecule has 4 heteroatoms. The maximum atomic E-state index is 12.3. The Morgan fingerprint density at radius 2 is 2.11 bits per heavy atom. The van der Waals surface area contributed by atoms with Gasteiger partial charge in [0.1, 0.15) is 0 Å². The zero-order valence-electron chi connectivity index (χ0n) is 12.6. The molecule has 1 heterocycles. The van der Waals surface area contributed by atoms with Gasteiger partial charge in [-0.15, -0.1) is 0 Å². The highest BCUT2D eigenvalue weighted by Gasteiger charge is 2.19. The van der Waals surface area contributed by atoms with Crippen molar-refractivity contribution in [2.24, 2.45) is 0 Å². The van der Waals surface area contributed by atoms with Crippen LogP contribution in [0.3, 0.4) is 0 Å². The number of hydrogen-bond acceptors (Lipinski definition) is 3. The van der Waals surface area contributed by atoms with Gasteiger partial charge in [0, 0.05) is 30.5 Å². The van der Waals surface area contributed by atoms with Crippen LogP contribution in [0, 0.1) is 0 Å². The van der Waals surface area contributed by atoms with Crippen molar-refractivity contribution in [2.45, 2.75) is 52.7 Å². The third-order valence-electron chi connectivity index (χ3n) is 2.79. The van der Waals surface area contributed by atoms with Crippen LogP contribution < -0.4 is 5.32 Å². The highest BCUT2D eigenvalue weighted by molar-refractivity contribution is 5.78. The van der Waals surface area contributed by atoms with Gasteiger partial charge in [-0.05, 0) is 46.2 Å². The van der Waals surface area contributed by atoms with Gasteiger partial charge in [-0.1, -0.05) is 6.07 Å². The molecule has 1 amide bonds. The molecule has 0 aromatic carbocycles. The lowest BCUT2D eigenvalue weighted by atomic mass is 10.1. The molecule has 0 aliphatic carbocycles. The number of carbonyl (C=O) groups is 1. The van der Waals surface area contributed by atoms with Crippen molar-refractivity contribution in [1.82, 2.24) is 15.2 Å². The minimum absolute atomic E-state index is 0.0490. The van der Waals surface area contributed by atoms with E-state index in [1.807, 2.05) is 30.9 Å². The number of aromatic nitrogens is 1. The number of rotatable bonds is 5. The van der Waals surface area contributed by atoms with E-state index in [2.05, 4.69) is 31.1 Å². The number of amides is 1. The standard InChI is InChI=1S/C15H25N3O/c1-12(2)18(11-13-7-6-8-16-9-13)14(19)10-17-15(3,4)5/h6-9,12,17H,10-11H2,1-5H3. The van der Waals surface area contributed by atoms with Crippen LogP contribution in [-0.4, -0.2) is 33.9 Å². The van der Waals surface area contributed by atoms with Gasteiger partial charge in [0.2, 0.25) is 5.91 Å². The van der Waals surface area contributed by atoms with Crippen LogP contribution in [0.1, 0.15) is 40.2 Å². The highest BCUT2D eigenvalue weighted by Crippen LogP contribution is 2.08. The summed E-state index contributed by atoms with van der Waals surface area (Å²) in [5.41, 5.74) is 1.01. The second-order valence-corrected chi connectivity index (χ2v) is 6.08. The Morgan fingerprint density at radius 1 is 1.42 bits per heavy atom. The van der Waals surface area contributed by atoms with Crippen LogP contribution in [-0.2, 0) is 11.3 Å². The van der Waals surface area contributed by atoms with E-state index in [1.165, 1.54) is 0 Å². The van der Waals surface area contributed by atoms with E-state index in [1.54, 1.807) is 12.4 Å². The molecule has 0 fully saturated rings. The normalized spacial score (nSPS) is 11.7. The number of carbonyl (C=O) groups excluding carboxylic acids is 1. The SMILES string of the molecule is CC(C)N(Cc1cccnc1)C(=O)CNC(C)(C)C. The molecule has 4 nitrogen and oxygen atoms in total. The molecule has 0 unspecified atom stereocenters. The lowest BCUT2D eigenvalue weighted by molar-refractivity contribution is -0.132. The Balaban J connectivity index is 2.65. The van der Waals surface area contributed by atoms with E-state index in [0.29, 0.717) is 13.1 Å². The Hall–Kier alpha value is -1.42. The summed E-state index contributed by atoms with van der Waals surface area (Å²) in [7, 11) is 0. The predicted molar refractivity (Wildman–Crippen MR) is 77.7 cm³/mol. The van der Waals surface area contributed by atoms with E-state index in [9.17, 15) is 4.79 Å². The number of hydrogen-bond donors (Lipinski definition) is 1. The molecule has 0 radical (unpaired) electrons. The summed E-state index contributed by atoms with van der Waals surface area (Å²) in [6, 6.07) is 4.06. The van der Waals surface area contributed by atoms with Gasteiger partial charge in [0.25, 0.3) is 0 Å². The zero-order chi connectivity index (χ0) is 14.5. The van der Waals surface area contributed by atoms with Gasteiger partial charge in [0.15, 0.2) is 0 Å². The second kappa shape index (κ2) is 6.66. The molecule has 0 saturated heterocycles. The Kier molecular flexibility index (Phi) is 5.48. The molecule has 0 aliphatic heterocycles. The first-order chi connectivity index (χ1) is 8.79. The number of nitrogens with zero attached hydrogens (tertiary/aromatic N) is 2. The van der Waals surface area contributed by atoms with Gasteiger partial charge in [0.05, 0.1) is 6.54 Å². The van der Waals surface area contributed by atoms with E-state index in [0.717, 1.165) is 5.56 Å². The number of nitrogens with one attached hydrogen (secondary N) is 1. The molecule has 1 aromatic rings. The summed E-state index contributed by atoms with van der Waals surface area (Å²) in [5.74, 6) is 0.119. The molecule has 1 aromatic heterocycles. The van der Waals surface area contributed by atoms with Gasteiger partial charge in [-0.2, -0.15) is 0 Å². The van der Waals surface area contributed by atoms with Gasteiger partial charge < -0.3 is 10.2 Å². The summed E-state index contributed by atoms with van der Waals surface area (Å²) in [6.07, 6.45) is 3.55. The average Bonchev–Trinajstić information content (AvgIpc) is 2.33. The Bertz CT molecular complexity index is 396. The van der Waals surface area contributed by atoms with Gasteiger partial charge in [-0.25, -0.2) is 0 Å². The van der Waals surface area contributed by atoms with Crippen molar-refractivity contribution < 1.29 is 4.79 Å². The molecule has 1 N–H and O–H groups in total. The van der Waals surface area contributed by atoms with Crippen LogP contribution >= 0.6 is 0 Å². The monoisotopic (exact) mass is 263 g/mol. The zero-order valence-corrected chi connectivity index (χ0v) is 12.6. The van der Waals surface area contributed by atoms with Crippen molar-refractivity contribution in [3.63, 3.8) is 0 Å². The Labute approximate surface area is 116 Å². The fraction of sp³-hybridized carbons (Fsp3) is 0.600. The van der Waals surface area contributed by atoms with Crippen molar-refractivity contribution in [3.8, 4) is 0 Å². The molecule has 0 bridgehead atoms. The Morgan fingerprint density at radius 3 is 2.58 bits per heavy atom. The molecule has 0 atom stereocenters. The average molecular weight is 263 g/mol. The third-order valence-corrected chi connectivity index (χ3v) is 2.79.